The monoisotopic (exact) mass is 116 g/mol. The highest BCUT2D eigenvalue weighted by molar-refractivity contribution is 7.39. The molecule has 0 radical (unpaired) electrons. The third kappa shape index (κ3) is 4.01. The zero-order chi connectivity index (χ0) is 5.70. The summed E-state index contributed by atoms with van der Waals surface area (Å²) in [5, 5.41) is 1.60. The van der Waals surface area contributed by atoms with Crippen LogP contribution in [0, 0.1) is 0 Å². The van der Waals surface area contributed by atoms with E-state index in [1.54, 1.807) is 5.29 Å². The molecule has 0 aromatic heterocycles. The van der Waals surface area contributed by atoms with Crippen LogP contribution < -0.4 is 0 Å². The standard InChI is InChI=1S/C6H13P/c1-4-5-6(2)7-3/h4-5H2,1-3H3. The summed E-state index contributed by atoms with van der Waals surface area (Å²) in [6, 6.07) is 0. The first-order valence-electron chi connectivity index (χ1n) is 2.73. The summed E-state index contributed by atoms with van der Waals surface area (Å²) in [5.74, 6) is 0. The van der Waals surface area contributed by atoms with Crippen molar-refractivity contribution < 1.29 is 0 Å². The second kappa shape index (κ2) is 4.33. The second-order valence-corrected chi connectivity index (χ2v) is 2.92. The molecule has 0 aliphatic rings. The Morgan fingerprint density at radius 3 is 2.29 bits per heavy atom. The fourth-order valence-corrected chi connectivity index (χ4v) is 0.921. The lowest BCUT2D eigenvalue weighted by Crippen LogP contribution is -1.82. The molecular formula is C6H13P. The van der Waals surface area contributed by atoms with Crippen molar-refractivity contribution in [2.45, 2.75) is 26.7 Å². The van der Waals surface area contributed by atoms with Gasteiger partial charge in [0.2, 0.25) is 0 Å². The predicted molar refractivity (Wildman–Crippen MR) is 38.4 cm³/mol. The topological polar surface area (TPSA) is 0 Å². The average molecular weight is 116 g/mol. The van der Waals surface area contributed by atoms with Gasteiger partial charge in [-0.05, 0) is 20.0 Å². The molecule has 0 nitrogen and oxygen atoms in total. The highest BCUT2D eigenvalue weighted by Gasteiger charge is 1.80. The van der Waals surface area contributed by atoms with Crippen LogP contribution >= 0.6 is 8.20 Å². The van der Waals surface area contributed by atoms with Gasteiger partial charge in [-0.2, -0.15) is 0 Å². The number of hydrogen-bond acceptors (Lipinski definition) is 0. The van der Waals surface area contributed by atoms with Gasteiger partial charge in [-0.3, -0.25) is 0 Å². The molecule has 0 aromatic carbocycles. The van der Waals surface area contributed by atoms with E-state index < -0.39 is 0 Å². The molecule has 0 spiro atoms. The Bertz CT molecular complexity index is 64.6. The Balaban J connectivity index is 3.17. The highest BCUT2D eigenvalue weighted by atomic mass is 31.1. The van der Waals surface area contributed by atoms with Crippen LogP contribution in [0.15, 0.2) is 0 Å². The largest absolute Gasteiger partial charge is 0.109 e. The van der Waals surface area contributed by atoms with Crippen LogP contribution in [-0.4, -0.2) is 12.0 Å². The summed E-state index contributed by atoms with van der Waals surface area (Å²) in [7, 11) is 1.46. The van der Waals surface area contributed by atoms with Gasteiger partial charge >= 0.3 is 0 Å². The van der Waals surface area contributed by atoms with Gasteiger partial charge < -0.3 is 0 Å². The van der Waals surface area contributed by atoms with Crippen molar-refractivity contribution in [2.75, 3.05) is 6.66 Å². The molecule has 0 N–H and O–H groups in total. The summed E-state index contributed by atoms with van der Waals surface area (Å²) < 4.78 is 0. The molecule has 0 atom stereocenters. The van der Waals surface area contributed by atoms with Gasteiger partial charge in [0.25, 0.3) is 0 Å². The van der Waals surface area contributed by atoms with E-state index in [0.717, 1.165) is 0 Å². The smallest absolute Gasteiger partial charge is 0.0224 e. The molecule has 0 unspecified atom stereocenters. The van der Waals surface area contributed by atoms with Crippen LogP contribution in [0.5, 0.6) is 0 Å². The van der Waals surface area contributed by atoms with Gasteiger partial charge in [0.1, 0.15) is 0 Å². The van der Waals surface area contributed by atoms with Crippen molar-refractivity contribution in [3.63, 3.8) is 0 Å². The molecular weight excluding hydrogens is 103 g/mol. The lowest BCUT2D eigenvalue weighted by molar-refractivity contribution is 1.00. The minimum Gasteiger partial charge on any atom is -0.109 e. The van der Waals surface area contributed by atoms with Crippen molar-refractivity contribution in [1.82, 2.24) is 0 Å². The molecule has 0 saturated carbocycles. The van der Waals surface area contributed by atoms with Crippen molar-refractivity contribution in [1.29, 1.82) is 0 Å². The maximum atomic E-state index is 2.22. The van der Waals surface area contributed by atoms with Crippen LogP contribution in [0.25, 0.3) is 0 Å². The molecule has 0 amide bonds. The molecule has 0 saturated heterocycles. The molecule has 0 aliphatic heterocycles. The minimum atomic E-state index is 1.30. The van der Waals surface area contributed by atoms with E-state index in [-0.39, 0.29) is 0 Å². The maximum absolute atomic E-state index is 2.22. The zero-order valence-corrected chi connectivity index (χ0v) is 6.26. The van der Waals surface area contributed by atoms with Crippen LogP contribution in [0.1, 0.15) is 26.7 Å². The quantitative estimate of drug-likeness (QED) is 0.486. The minimum absolute atomic E-state index is 1.30. The highest BCUT2D eigenvalue weighted by Crippen LogP contribution is 1.98. The van der Waals surface area contributed by atoms with E-state index in [1.807, 2.05) is 0 Å². The van der Waals surface area contributed by atoms with Gasteiger partial charge in [-0.1, -0.05) is 18.6 Å². The Morgan fingerprint density at radius 2 is 2.14 bits per heavy atom. The second-order valence-electron chi connectivity index (χ2n) is 1.71. The van der Waals surface area contributed by atoms with Crippen molar-refractivity contribution in [2.24, 2.45) is 0 Å². The molecule has 0 aliphatic carbocycles. The Labute approximate surface area is 47.7 Å². The van der Waals surface area contributed by atoms with Gasteiger partial charge in [0.15, 0.2) is 0 Å². The molecule has 7 heavy (non-hydrogen) atoms. The van der Waals surface area contributed by atoms with E-state index >= 15 is 0 Å². The first-order valence-corrected chi connectivity index (χ1v) is 4.07. The normalized spacial score (nSPS) is 12.1. The number of hydrogen-bond donors (Lipinski definition) is 0. The van der Waals surface area contributed by atoms with E-state index in [9.17, 15) is 0 Å². The van der Waals surface area contributed by atoms with Crippen LogP contribution in [0.2, 0.25) is 0 Å². The summed E-state index contributed by atoms with van der Waals surface area (Å²) in [4.78, 5) is 0. The third-order valence-corrected chi connectivity index (χ3v) is 1.98. The van der Waals surface area contributed by atoms with Crippen molar-refractivity contribution in [3.8, 4) is 0 Å². The lowest BCUT2D eigenvalue weighted by Gasteiger charge is -1.90. The summed E-state index contributed by atoms with van der Waals surface area (Å²) in [6.45, 7) is 6.62. The summed E-state index contributed by atoms with van der Waals surface area (Å²) in [5.41, 5.74) is 0. The van der Waals surface area contributed by atoms with E-state index in [0.29, 0.717) is 0 Å². The van der Waals surface area contributed by atoms with Crippen molar-refractivity contribution in [3.05, 3.63) is 0 Å². The summed E-state index contributed by atoms with van der Waals surface area (Å²) >= 11 is 0. The SMILES string of the molecule is CCCC(C)=PC. The van der Waals surface area contributed by atoms with Gasteiger partial charge in [-0.25, -0.2) is 0 Å². The molecule has 42 valence electrons. The molecule has 0 aromatic rings. The first-order chi connectivity index (χ1) is 3.31. The maximum Gasteiger partial charge on any atom is -0.0224 e. The molecule has 0 rings (SSSR count). The zero-order valence-electron chi connectivity index (χ0n) is 5.36. The van der Waals surface area contributed by atoms with Crippen LogP contribution in [0.3, 0.4) is 0 Å². The van der Waals surface area contributed by atoms with Gasteiger partial charge in [0.05, 0.1) is 0 Å². The van der Waals surface area contributed by atoms with E-state index in [2.05, 4.69) is 20.5 Å². The first kappa shape index (κ1) is 7.17. The Morgan fingerprint density at radius 1 is 1.57 bits per heavy atom. The Kier molecular flexibility index (Phi) is 4.44. The molecule has 1 heteroatoms. The van der Waals surface area contributed by atoms with Crippen LogP contribution in [-0.2, 0) is 0 Å². The van der Waals surface area contributed by atoms with Crippen molar-refractivity contribution >= 4 is 13.5 Å². The fraction of sp³-hybridized carbons (Fsp3) is 0.833. The van der Waals surface area contributed by atoms with Gasteiger partial charge in [0, 0.05) is 0 Å². The van der Waals surface area contributed by atoms with E-state index in [4.69, 9.17) is 0 Å². The molecule has 0 heterocycles. The predicted octanol–water partition coefficient (Wildman–Crippen LogP) is 2.55. The lowest BCUT2D eigenvalue weighted by atomic mass is 10.3. The Hall–Kier alpha value is 0.170. The number of rotatable bonds is 2. The third-order valence-electron chi connectivity index (χ3n) is 0.994. The van der Waals surface area contributed by atoms with Gasteiger partial charge in [-0.15, -0.1) is 8.20 Å². The molecule has 0 fully saturated rings. The summed E-state index contributed by atoms with van der Waals surface area (Å²) in [6.07, 6.45) is 2.60. The fourth-order valence-electron chi connectivity index (χ4n) is 0.474. The molecule has 0 bridgehead atoms. The van der Waals surface area contributed by atoms with E-state index in [1.165, 1.54) is 21.0 Å². The van der Waals surface area contributed by atoms with Crippen LogP contribution in [0.4, 0.5) is 0 Å². The average Bonchev–Trinajstić information content (AvgIpc) is 1.68.